The van der Waals surface area contributed by atoms with Crippen molar-refractivity contribution in [2.45, 2.75) is 13.2 Å². The molecule has 2 N–H and O–H groups in total. The first kappa shape index (κ1) is 16.5. The molecule has 1 amide bonds. The minimum Gasteiger partial charge on any atom is -0.502 e. The number of phenolic OH excluding ortho intramolecular Hbond substituents is 1. The SMILES string of the molecule is COc1cc(CNC(=O)OCc2ccccc2)cc(OC)c1O. The predicted octanol–water partition coefficient (Wildman–Crippen LogP) is 2.84. The molecule has 0 heterocycles. The molecule has 0 spiro atoms. The maximum Gasteiger partial charge on any atom is 0.407 e. The zero-order valence-corrected chi connectivity index (χ0v) is 13.0. The molecular formula is C17H19NO5. The first-order valence-electron chi connectivity index (χ1n) is 7.02. The third-order valence-electron chi connectivity index (χ3n) is 3.19. The molecule has 0 aliphatic carbocycles. The van der Waals surface area contributed by atoms with Gasteiger partial charge in [-0.1, -0.05) is 30.3 Å². The van der Waals surface area contributed by atoms with Crippen molar-refractivity contribution >= 4 is 6.09 Å². The van der Waals surface area contributed by atoms with Crippen LogP contribution in [0, 0.1) is 0 Å². The number of ether oxygens (including phenoxy) is 3. The van der Waals surface area contributed by atoms with Crippen molar-refractivity contribution in [3.05, 3.63) is 53.6 Å². The first-order valence-corrected chi connectivity index (χ1v) is 7.02. The summed E-state index contributed by atoms with van der Waals surface area (Å²) in [6.07, 6.45) is -0.528. The van der Waals surface area contributed by atoms with Gasteiger partial charge in [-0.3, -0.25) is 0 Å². The lowest BCUT2D eigenvalue weighted by molar-refractivity contribution is 0.139. The third-order valence-corrected chi connectivity index (χ3v) is 3.19. The lowest BCUT2D eigenvalue weighted by Gasteiger charge is -2.12. The highest BCUT2D eigenvalue weighted by molar-refractivity contribution is 5.67. The molecule has 23 heavy (non-hydrogen) atoms. The van der Waals surface area contributed by atoms with E-state index in [0.717, 1.165) is 5.56 Å². The summed E-state index contributed by atoms with van der Waals surface area (Å²) in [6.45, 7) is 0.426. The van der Waals surface area contributed by atoms with Gasteiger partial charge in [0.05, 0.1) is 14.2 Å². The maximum atomic E-state index is 11.7. The number of methoxy groups -OCH3 is 2. The molecule has 0 atom stereocenters. The Labute approximate surface area is 134 Å². The number of hydrogen-bond acceptors (Lipinski definition) is 5. The van der Waals surface area contributed by atoms with E-state index in [-0.39, 0.29) is 30.4 Å². The van der Waals surface area contributed by atoms with Gasteiger partial charge in [0.2, 0.25) is 5.75 Å². The minimum absolute atomic E-state index is 0.0783. The fourth-order valence-corrected chi connectivity index (χ4v) is 2.00. The van der Waals surface area contributed by atoms with Crippen LogP contribution in [0.4, 0.5) is 4.79 Å². The van der Waals surface area contributed by atoms with Crippen LogP contribution in [0.1, 0.15) is 11.1 Å². The van der Waals surface area contributed by atoms with Gasteiger partial charge >= 0.3 is 6.09 Å². The molecular weight excluding hydrogens is 298 g/mol. The molecule has 6 heteroatoms. The van der Waals surface area contributed by atoms with E-state index in [4.69, 9.17) is 14.2 Å². The molecule has 122 valence electrons. The van der Waals surface area contributed by atoms with Crippen molar-refractivity contribution in [1.82, 2.24) is 5.32 Å². The van der Waals surface area contributed by atoms with Crippen LogP contribution in [0.15, 0.2) is 42.5 Å². The number of carbonyl (C=O) groups is 1. The number of carbonyl (C=O) groups excluding carboxylic acids is 1. The van der Waals surface area contributed by atoms with Crippen molar-refractivity contribution in [3.63, 3.8) is 0 Å². The Balaban J connectivity index is 1.91. The average Bonchev–Trinajstić information content (AvgIpc) is 2.59. The minimum atomic E-state index is -0.528. The van der Waals surface area contributed by atoms with Crippen molar-refractivity contribution < 1.29 is 24.1 Å². The molecule has 2 aromatic carbocycles. The fourth-order valence-electron chi connectivity index (χ4n) is 2.00. The van der Waals surface area contributed by atoms with Gasteiger partial charge in [0.15, 0.2) is 11.5 Å². The summed E-state index contributed by atoms with van der Waals surface area (Å²) < 4.78 is 15.3. The van der Waals surface area contributed by atoms with Crippen LogP contribution < -0.4 is 14.8 Å². The van der Waals surface area contributed by atoms with Gasteiger partial charge in [0.1, 0.15) is 6.61 Å². The van der Waals surface area contributed by atoms with Crippen LogP contribution in [0.25, 0.3) is 0 Å². The third kappa shape index (κ3) is 4.54. The second-order valence-electron chi connectivity index (χ2n) is 4.76. The maximum absolute atomic E-state index is 11.7. The number of rotatable bonds is 6. The second-order valence-corrected chi connectivity index (χ2v) is 4.76. The topological polar surface area (TPSA) is 77.0 Å². The number of alkyl carbamates (subject to hydrolysis) is 1. The van der Waals surface area contributed by atoms with E-state index in [1.54, 1.807) is 12.1 Å². The molecule has 0 aromatic heterocycles. The average molecular weight is 317 g/mol. The summed E-state index contributed by atoms with van der Waals surface area (Å²) >= 11 is 0. The summed E-state index contributed by atoms with van der Waals surface area (Å²) in [5.74, 6) is 0.475. The largest absolute Gasteiger partial charge is 0.502 e. The Morgan fingerprint density at radius 1 is 1.04 bits per heavy atom. The van der Waals surface area contributed by atoms with E-state index < -0.39 is 6.09 Å². The Hall–Kier alpha value is -2.89. The lowest BCUT2D eigenvalue weighted by Crippen LogP contribution is -2.23. The van der Waals surface area contributed by atoms with Gasteiger partial charge in [0.25, 0.3) is 0 Å². The molecule has 6 nitrogen and oxygen atoms in total. The van der Waals surface area contributed by atoms with Crippen LogP contribution in [-0.2, 0) is 17.9 Å². The van der Waals surface area contributed by atoms with Crippen LogP contribution in [-0.4, -0.2) is 25.4 Å². The van der Waals surface area contributed by atoms with E-state index >= 15 is 0 Å². The summed E-state index contributed by atoms with van der Waals surface area (Å²) in [7, 11) is 2.89. The van der Waals surface area contributed by atoms with Gasteiger partial charge in [-0.25, -0.2) is 4.79 Å². The fraction of sp³-hybridized carbons (Fsp3) is 0.235. The Morgan fingerprint density at radius 2 is 1.65 bits per heavy atom. The standard InChI is InChI=1S/C17H19NO5/c1-21-14-8-13(9-15(22-2)16(14)19)10-18-17(20)23-11-12-6-4-3-5-7-12/h3-9,19H,10-11H2,1-2H3,(H,18,20). The van der Waals surface area contributed by atoms with Crippen LogP contribution in [0.5, 0.6) is 17.2 Å². The Bertz CT molecular complexity index is 632. The Morgan fingerprint density at radius 3 is 2.22 bits per heavy atom. The monoisotopic (exact) mass is 317 g/mol. The molecule has 0 fully saturated rings. The van der Waals surface area contributed by atoms with Gasteiger partial charge in [-0.2, -0.15) is 0 Å². The van der Waals surface area contributed by atoms with Crippen molar-refractivity contribution in [1.29, 1.82) is 0 Å². The molecule has 2 aromatic rings. The van der Waals surface area contributed by atoms with E-state index in [2.05, 4.69) is 5.32 Å². The Kier molecular flexibility index (Phi) is 5.68. The molecule has 0 bridgehead atoms. The van der Waals surface area contributed by atoms with Crippen molar-refractivity contribution in [2.24, 2.45) is 0 Å². The highest BCUT2D eigenvalue weighted by Gasteiger charge is 2.12. The molecule has 0 aliphatic rings. The van der Waals surface area contributed by atoms with Crippen LogP contribution in [0.2, 0.25) is 0 Å². The summed E-state index contributed by atoms with van der Waals surface area (Å²) in [5, 5.41) is 12.5. The summed E-state index contributed by atoms with van der Waals surface area (Å²) in [5.41, 5.74) is 1.63. The quantitative estimate of drug-likeness (QED) is 0.856. The van der Waals surface area contributed by atoms with E-state index in [0.29, 0.717) is 5.56 Å². The number of nitrogens with one attached hydrogen (secondary N) is 1. The molecule has 0 saturated carbocycles. The van der Waals surface area contributed by atoms with Gasteiger partial charge in [-0.05, 0) is 23.3 Å². The van der Waals surface area contributed by atoms with Crippen molar-refractivity contribution in [3.8, 4) is 17.2 Å². The first-order chi connectivity index (χ1) is 11.1. The van der Waals surface area contributed by atoms with Gasteiger partial charge in [0, 0.05) is 6.54 Å². The number of hydrogen-bond donors (Lipinski definition) is 2. The summed E-state index contributed by atoms with van der Waals surface area (Å²) in [6, 6.07) is 12.7. The predicted molar refractivity (Wildman–Crippen MR) is 84.7 cm³/mol. The highest BCUT2D eigenvalue weighted by Crippen LogP contribution is 2.36. The molecule has 0 saturated heterocycles. The van der Waals surface area contributed by atoms with Crippen molar-refractivity contribution in [2.75, 3.05) is 14.2 Å². The molecule has 0 radical (unpaired) electrons. The second kappa shape index (κ2) is 7.93. The van der Waals surface area contributed by atoms with E-state index in [1.165, 1.54) is 14.2 Å². The van der Waals surface area contributed by atoms with Gasteiger partial charge < -0.3 is 24.6 Å². The van der Waals surface area contributed by atoms with Crippen LogP contribution >= 0.6 is 0 Å². The van der Waals surface area contributed by atoms with Crippen LogP contribution in [0.3, 0.4) is 0 Å². The lowest BCUT2D eigenvalue weighted by atomic mass is 10.2. The smallest absolute Gasteiger partial charge is 0.407 e. The molecule has 2 rings (SSSR count). The molecule has 0 unspecified atom stereocenters. The van der Waals surface area contributed by atoms with E-state index in [1.807, 2.05) is 30.3 Å². The summed E-state index contributed by atoms with van der Waals surface area (Å²) in [4.78, 5) is 11.7. The zero-order chi connectivity index (χ0) is 16.7. The normalized spacial score (nSPS) is 10.0. The zero-order valence-electron chi connectivity index (χ0n) is 13.0. The van der Waals surface area contributed by atoms with E-state index in [9.17, 15) is 9.90 Å². The number of benzene rings is 2. The molecule has 0 aliphatic heterocycles. The number of aromatic hydroxyl groups is 1. The number of phenols is 1. The van der Waals surface area contributed by atoms with Gasteiger partial charge in [-0.15, -0.1) is 0 Å². The highest BCUT2D eigenvalue weighted by atomic mass is 16.5. The number of amides is 1.